The minimum Gasteiger partial charge on any atom is -0.497 e. The quantitative estimate of drug-likeness (QED) is 0.431. The summed E-state index contributed by atoms with van der Waals surface area (Å²) in [5, 5.41) is 19.8. The Bertz CT molecular complexity index is 1220. The highest BCUT2D eigenvalue weighted by Gasteiger charge is 2.16. The molecule has 0 saturated carbocycles. The summed E-state index contributed by atoms with van der Waals surface area (Å²) in [6.07, 6.45) is 1.64. The lowest BCUT2D eigenvalue weighted by Gasteiger charge is -2.12. The molecule has 4 aromatic rings. The van der Waals surface area contributed by atoms with Gasteiger partial charge in [-0.3, -0.25) is 4.79 Å². The van der Waals surface area contributed by atoms with Crippen LogP contribution in [0.4, 0.5) is 5.82 Å². The van der Waals surface area contributed by atoms with Crippen molar-refractivity contribution in [1.29, 1.82) is 0 Å². The van der Waals surface area contributed by atoms with Crippen molar-refractivity contribution in [2.24, 2.45) is 0 Å². The Morgan fingerprint density at radius 2 is 1.78 bits per heavy atom. The van der Waals surface area contributed by atoms with Crippen molar-refractivity contribution in [2.45, 2.75) is 25.9 Å². The lowest BCUT2D eigenvalue weighted by atomic mass is 10.1. The highest BCUT2D eigenvalue weighted by atomic mass is 32.2. The summed E-state index contributed by atoms with van der Waals surface area (Å²) in [7, 11) is 1.62. The summed E-state index contributed by atoms with van der Waals surface area (Å²) >= 11 is 1.28. The molecule has 0 saturated heterocycles. The van der Waals surface area contributed by atoms with E-state index < -0.39 is 0 Å². The van der Waals surface area contributed by atoms with Gasteiger partial charge in [-0.2, -0.15) is 9.78 Å². The predicted octanol–water partition coefficient (Wildman–Crippen LogP) is 3.51. The van der Waals surface area contributed by atoms with Gasteiger partial charge in [-0.15, -0.1) is 5.10 Å². The van der Waals surface area contributed by atoms with Crippen LogP contribution in [0.15, 0.2) is 53.8 Å². The molecule has 2 aromatic heterocycles. The third kappa shape index (κ3) is 4.50. The fourth-order valence-electron chi connectivity index (χ4n) is 3.55. The number of nitrogens with zero attached hydrogens (tertiary/aromatic N) is 6. The van der Waals surface area contributed by atoms with Crippen LogP contribution in [0, 0.1) is 20.8 Å². The van der Waals surface area contributed by atoms with Gasteiger partial charge in [-0.05, 0) is 66.6 Å². The second-order valence-electron chi connectivity index (χ2n) is 7.28. The normalized spacial score (nSPS) is 10.9. The first kappa shape index (κ1) is 21.6. The molecule has 0 unspecified atom stereocenters. The van der Waals surface area contributed by atoms with E-state index in [1.165, 1.54) is 17.3 Å². The van der Waals surface area contributed by atoms with Crippen molar-refractivity contribution >= 4 is 23.5 Å². The number of methoxy groups -OCH3 is 1. The minimum atomic E-state index is -0.183. The van der Waals surface area contributed by atoms with Gasteiger partial charge in [0.25, 0.3) is 0 Å². The summed E-state index contributed by atoms with van der Waals surface area (Å²) in [5.74, 6) is 1.29. The lowest BCUT2D eigenvalue weighted by molar-refractivity contribution is -0.113. The maximum absolute atomic E-state index is 12.6. The number of nitrogens with one attached hydrogen (secondary N) is 1. The molecular formula is C22H23N7O2S. The van der Waals surface area contributed by atoms with E-state index in [2.05, 4.69) is 45.0 Å². The molecular weight excluding hydrogens is 426 g/mol. The summed E-state index contributed by atoms with van der Waals surface area (Å²) in [6.45, 7) is 6.11. The average molecular weight is 450 g/mol. The number of rotatable bonds is 7. The summed E-state index contributed by atoms with van der Waals surface area (Å²) in [6, 6.07) is 13.3. The second-order valence-corrected chi connectivity index (χ2v) is 8.23. The molecule has 0 aliphatic rings. The highest BCUT2D eigenvalue weighted by Crippen LogP contribution is 2.25. The van der Waals surface area contributed by atoms with Crippen LogP contribution in [0.3, 0.4) is 0 Å². The molecule has 0 fully saturated rings. The highest BCUT2D eigenvalue weighted by molar-refractivity contribution is 7.99. The molecule has 10 heteroatoms. The van der Waals surface area contributed by atoms with Crippen LogP contribution in [0.2, 0.25) is 0 Å². The molecule has 0 bridgehead atoms. The smallest absolute Gasteiger partial charge is 0.236 e. The molecule has 32 heavy (non-hydrogen) atoms. The molecule has 164 valence electrons. The molecule has 4 rings (SSSR count). The number of ether oxygens (including phenoxy) is 1. The van der Waals surface area contributed by atoms with Crippen LogP contribution in [0.5, 0.6) is 5.75 Å². The number of benzene rings is 2. The molecule has 9 nitrogen and oxygen atoms in total. The second kappa shape index (κ2) is 9.23. The van der Waals surface area contributed by atoms with Gasteiger partial charge in [-0.1, -0.05) is 29.5 Å². The summed E-state index contributed by atoms with van der Waals surface area (Å²) in [5.41, 5.74) is 5.07. The predicted molar refractivity (Wildman–Crippen MR) is 123 cm³/mol. The van der Waals surface area contributed by atoms with E-state index in [4.69, 9.17) is 4.74 Å². The zero-order valence-corrected chi connectivity index (χ0v) is 19.1. The molecule has 0 radical (unpaired) electrons. The van der Waals surface area contributed by atoms with E-state index in [1.54, 1.807) is 28.7 Å². The van der Waals surface area contributed by atoms with Gasteiger partial charge in [0.1, 0.15) is 11.6 Å². The number of anilines is 1. The number of thioether (sulfide) groups is 1. The SMILES string of the molecule is COc1ccc(-n2nccc2NC(=O)CSc2nnnn2-c2c(C)cc(C)cc2C)cc1. The van der Waals surface area contributed by atoms with Crippen LogP contribution in [-0.2, 0) is 4.79 Å². The first-order chi connectivity index (χ1) is 15.5. The van der Waals surface area contributed by atoms with Gasteiger partial charge < -0.3 is 10.1 Å². The molecule has 0 aliphatic heterocycles. The largest absolute Gasteiger partial charge is 0.497 e. The number of aryl methyl sites for hydroxylation is 3. The molecule has 1 amide bonds. The van der Waals surface area contributed by atoms with Crippen molar-refractivity contribution in [3.05, 3.63) is 65.4 Å². The van der Waals surface area contributed by atoms with E-state index in [9.17, 15) is 4.79 Å². The maximum Gasteiger partial charge on any atom is 0.236 e. The Labute approximate surface area is 189 Å². The van der Waals surface area contributed by atoms with Crippen molar-refractivity contribution in [3.8, 4) is 17.1 Å². The number of carbonyl (C=O) groups excluding carboxylic acids is 1. The van der Waals surface area contributed by atoms with E-state index in [-0.39, 0.29) is 11.7 Å². The summed E-state index contributed by atoms with van der Waals surface area (Å²) in [4.78, 5) is 12.6. The van der Waals surface area contributed by atoms with Gasteiger partial charge >= 0.3 is 0 Å². The van der Waals surface area contributed by atoms with Crippen molar-refractivity contribution in [1.82, 2.24) is 30.0 Å². The Balaban J connectivity index is 1.46. The van der Waals surface area contributed by atoms with Crippen molar-refractivity contribution in [3.63, 3.8) is 0 Å². The third-order valence-electron chi connectivity index (χ3n) is 4.85. The number of tetrazole rings is 1. The topological polar surface area (TPSA) is 99.8 Å². The van der Waals surface area contributed by atoms with Gasteiger partial charge in [0, 0.05) is 6.07 Å². The molecule has 2 heterocycles. The Morgan fingerprint density at radius 3 is 2.47 bits per heavy atom. The Kier molecular flexibility index (Phi) is 6.22. The standard InChI is InChI=1S/C22H23N7O2S/c1-14-11-15(2)21(16(3)12-14)29-22(25-26-27-29)32-13-20(30)24-19-9-10-23-28(19)17-5-7-18(31-4)8-6-17/h5-12H,13H2,1-4H3,(H,24,30). The number of hydrogen-bond acceptors (Lipinski definition) is 7. The molecule has 1 N–H and O–H groups in total. The van der Waals surface area contributed by atoms with E-state index in [0.29, 0.717) is 11.0 Å². The van der Waals surface area contributed by atoms with Crippen LogP contribution in [-0.4, -0.2) is 48.8 Å². The maximum atomic E-state index is 12.6. The zero-order chi connectivity index (χ0) is 22.7. The van der Waals surface area contributed by atoms with Gasteiger partial charge in [-0.25, -0.2) is 4.68 Å². The van der Waals surface area contributed by atoms with Gasteiger partial charge in [0.05, 0.1) is 30.4 Å². The van der Waals surface area contributed by atoms with Crippen LogP contribution >= 0.6 is 11.8 Å². The molecule has 0 aliphatic carbocycles. The van der Waals surface area contributed by atoms with Crippen LogP contribution < -0.4 is 10.1 Å². The fraction of sp³-hybridized carbons (Fsp3) is 0.227. The average Bonchev–Trinajstić information content (AvgIpc) is 3.41. The van der Waals surface area contributed by atoms with Crippen molar-refractivity contribution in [2.75, 3.05) is 18.2 Å². The molecule has 0 atom stereocenters. The van der Waals surface area contributed by atoms with Gasteiger partial charge in [0.2, 0.25) is 11.1 Å². The van der Waals surface area contributed by atoms with Crippen molar-refractivity contribution < 1.29 is 9.53 Å². The van der Waals surface area contributed by atoms with Gasteiger partial charge in [0.15, 0.2) is 0 Å². The van der Waals surface area contributed by atoms with E-state index >= 15 is 0 Å². The van der Waals surface area contributed by atoms with Crippen LogP contribution in [0.25, 0.3) is 11.4 Å². The third-order valence-corrected chi connectivity index (χ3v) is 5.77. The fourth-order valence-corrected chi connectivity index (χ4v) is 4.23. The number of hydrogen-bond donors (Lipinski definition) is 1. The summed E-state index contributed by atoms with van der Waals surface area (Å²) < 4.78 is 8.53. The number of aromatic nitrogens is 6. The number of carbonyl (C=O) groups is 1. The minimum absolute atomic E-state index is 0.151. The zero-order valence-electron chi connectivity index (χ0n) is 18.2. The first-order valence-electron chi connectivity index (χ1n) is 9.94. The first-order valence-corrected chi connectivity index (χ1v) is 10.9. The Morgan fingerprint density at radius 1 is 1.06 bits per heavy atom. The molecule has 2 aromatic carbocycles. The Hall–Kier alpha value is -3.66. The lowest BCUT2D eigenvalue weighted by Crippen LogP contribution is -2.17. The monoisotopic (exact) mass is 449 g/mol. The van der Waals surface area contributed by atoms with E-state index in [0.717, 1.165) is 28.3 Å². The van der Waals surface area contributed by atoms with E-state index in [1.807, 2.05) is 38.1 Å². The van der Waals surface area contributed by atoms with Crippen LogP contribution in [0.1, 0.15) is 16.7 Å². The number of amides is 1. The molecule has 0 spiro atoms.